The molecular weight excluding hydrogens is 188 g/mol. The van der Waals surface area contributed by atoms with Gasteiger partial charge in [-0.1, -0.05) is 18.2 Å². The summed E-state index contributed by atoms with van der Waals surface area (Å²) >= 11 is 0. The van der Waals surface area contributed by atoms with Crippen molar-refractivity contribution >= 4 is 10.9 Å². The van der Waals surface area contributed by atoms with Gasteiger partial charge in [0.25, 0.3) is 5.56 Å². The highest BCUT2D eigenvalue weighted by Crippen LogP contribution is 2.10. The molecule has 15 heavy (non-hydrogen) atoms. The van der Waals surface area contributed by atoms with Gasteiger partial charge in [0.15, 0.2) is 0 Å². The fraction of sp³-hybridized carbons (Fsp3) is 0.250. The van der Waals surface area contributed by atoms with Gasteiger partial charge in [-0.05, 0) is 31.6 Å². The molecule has 2 rings (SSSR count). The minimum Gasteiger partial charge on any atom is -0.295 e. The van der Waals surface area contributed by atoms with Crippen LogP contribution in [0, 0.1) is 0 Å². The maximum Gasteiger partial charge on any atom is 0.252 e. The Hall–Kier alpha value is -1.61. The Bertz CT molecular complexity index is 528. The number of hydrogen-bond donors (Lipinski definition) is 0. The number of aromatic nitrogens is 1. The first-order chi connectivity index (χ1) is 7.18. The molecule has 78 valence electrons. The zero-order valence-electron chi connectivity index (χ0n) is 8.97. The van der Waals surface area contributed by atoms with Crippen LogP contribution in [-0.4, -0.2) is 23.6 Å². The summed E-state index contributed by atoms with van der Waals surface area (Å²) < 4.78 is 1.77. The largest absolute Gasteiger partial charge is 0.295 e. The van der Waals surface area contributed by atoms with E-state index in [0.29, 0.717) is 6.67 Å². The van der Waals surface area contributed by atoms with E-state index < -0.39 is 0 Å². The molecule has 0 saturated heterocycles. The van der Waals surface area contributed by atoms with Crippen molar-refractivity contribution in [2.45, 2.75) is 6.67 Å². The van der Waals surface area contributed by atoms with Crippen molar-refractivity contribution in [1.82, 2.24) is 9.47 Å². The summed E-state index contributed by atoms with van der Waals surface area (Å²) in [5.74, 6) is 0. The molecular formula is C12H14N2O. The summed E-state index contributed by atoms with van der Waals surface area (Å²) in [6.45, 7) is 0.611. The average Bonchev–Trinajstić information content (AvgIpc) is 2.22. The van der Waals surface area contributed by atoms with Gasteiger partial charge in [-0.2, -0.15) is 0 Å². The summed E-state index contributed by atoms with van der Waals surface area (Å²) in [6.07, 6.45) is 0. The zero-order chi connectivity index (χ0) is 10.8. The van der Waals surface area contributed by atoms with Crippen LogP contribution in [0.25, 0.3) is 10.9 Å². The van der Waals surface area contributed by atoms with E-state index in [0.717, 1.165) is 10.9 Å². The number of pyridine rings is 1. The highest BCUT2D eigenvalue weighted by Gasteiger charge is 2.02. The third kappa shape index (κ3) is 1.92. The molecule has 0 unspecified atom stereocenters. The van der Waals surface area contributed by atoms with Crippen LogP contribution in [0.2, 0.25) is 0 Å². The first-order valence-corrected chi connectivity index (χ1v) is 4.92. The topological polar surface area (TPSA) is 25.2 Å². The second-order valence-corrected chi connectivity index (χ2v) is 3.88. The van der Waals surface area contributed by atoms with E-state index in [4.69, 9.17) is 0 Å². The molecule has 3 heteroatoms. The smallest absolute Gasteiger partial charge is 0.252 e. The summed E-state index contributed by atoms with van der Waals surface area (Å²) in [4.78, 5) is 13.7. The number of fused-ring (bicyclic) bond motifs is 1. The monoisotopic (exact) mass is 202 g/mol. The van der Waals surface area contributed by atoms with Crippen LogP contribution in [0.5, 0.6) is 0 Å². The maximum atomic E-state index is 11.7. The molecule has 0 saturated carbocycles. The van der Waals surface area contributed by atoms with Crippen molar-refractivity contribution in [3.8, 4) is 0 Å². The first kappa shape index (κ1) is 9.93. The number of hydrogen-bond acceptors (Lipinski definition) is 2. The van der Waals surface area contributed by atoms with Gasteiger partial charge < -0.3 is 0 Å². The minimum atomic E-state index is 0.0439. The highest BCUT2D eigenvalue weighted by atomic mass is 16.1. The summed E-state index contributed by atoms with van der Waals surface area (Å²) in [5.41, 5.74) is 1.03. The van der Waals surface area contributed by atoms with Crippen LogP contribution in [0.3, 0.4) is 0 Å². The summed E-state index contributed by atoms with van der Waals surface area (Å²) in [6, 6.07) is 11.4. The van der Waals surface area contributed by atoms with Gasteiger partial charge in [0, 0.05) is 6.07 Å². The Kier molecular flexibility index (Phi) is 2.56. The Balaban J connectivity index is 2.68. The Morgan fingerprint density at radius 1 is 1.13 bits per heavy atom. The molecule has 0 aliphatic rings. The molecule has 2 aromatic rings. The van der Waals surface area contributed by atoms with Crippen LogP contribution in [0.4, 0.5) is 0 Å². The van der Waals surface area contributed by atoms with E-state index in [1.54, 1.807) is 10.6 Å². The van der Waals surface area contributed by atoms with Crippen molar-refractivity contribution in [2.75, 3.05) is 14.1 Å². The molecule has 0 amide bonds. The van der Waals surface area contributed by atoms with Gasteiger partial charge >= 0.3 is 0 Å². The Morgan fingerprint density at radius 3 is 2.60 bits per heavy atom. The molecule has 0 N–H and O–H groups in total. The Morgan fingerprint density at radius 2 is 1.87 bits per heavy atom. The van der Waals surface area contributed by atoms with Crippen molar-refractivity contribution in [3.05, 3.63) is 46.8 Å². The number of benzene rings is 1. The van der Waals surface area contributed by atoms with E-state index in [-0.39, 0.29) is 5.56 Å². The van der Waals surface area contributed by atoms with Crippen LogP contribution in [0.1, 0.15) is 0 Å². The Labute approximate surface area is 88.6 Å². The van der Waals surface area contributed by atoms with E-state index in [1.807, 2.05) is 49.3 Å². The van der Waals surface area contributed by atoms with Gasteiger partial charge in [0.1, 0.15) is 0 Å². The molecule has 1 heterocycles. The predicted octanol–water partition coefficient (Wildman–Crippen LogP) is 1.52. The standard InChI is InChI=1S/C12H14N2O/c1-13(2)9-14-11-6-4-3-5-10(11)7-8-12(14)15/h3-8H,9H2,1-2H3. The van der Waals surface area contributed by atoms with E-state index >= 15 is 0 Å². The zero-order valence-corrected chi connectivity index (χ0v) is 8.97. The molecule has 0 spiro atoms. The number of nitrogens with zero attached hydrogens (tertiary/aromatic N) is 2. The fourth-order valence-electron chi connectivity index (χ4n) is 1.67. The summed E-state index contributed by atoms with van der Waals surface area (Å²) in [5, 5.41) is 1.10. The molecule has 0 aliphatic carbocycles. The second-order valence-electron chi connectivity index (χ2n) is 3.88. The number of para-hydroxylation sites is 1. The number of rotatable bonds is 2. The third-order valence-electron chi connectivity index (χ3n) is 2.32. The van der Waals surface area contributed by atoms with Crippen molar-refractivity contribution in [3.63, 3.8) is 0 Å². The fourth-order valence-corrected chi connectivity index (χ4v) is 1.67. The molecule has 0 bridgehead atoms. The molecule has 0 fully saturated rings. The van der Waals surface area contributed by atoms with Gasteiger partial charge in [0.2, 0.25) is 0 Å². The predicted molar refractivity (Wildman–Crippen MR) is 61.9 cm³/mol. The van der Waals surface area contributed by atoms with E-state index in [2.05, 4.69) is 0 Å². The van der Waals surface area contributed by atoms with Crippen LogP contribution >= 0.6 is 0 Å². The molecule has 0 radical (unpaired) electrons. The minimum absolute atomic E-state index is 0.0439. The van der Waals surface area contributed by atoms with Crippen LogP contribution in [-0.2, 0) is 6.67 Å². The van der Waals surface area contributed by atoms with Crippen molar-refractivity contribution in [2.24, 2.45) is 0 Å². The van der Waals surface area contributed by atoms with E-state index in [1.165, 1.54) is 0 Å². The second kappa shape index (κ2) is 3.87. The van der Waals surface area contributed by atoms with Crippen molar-refractivity contribution < 1.29 is 0 Å². The molecule has 1 aromatic carbocycles. The van der Waals surface area contributed by atoms with E-state index in [9.17, 15) is 4.79 Å². The molecule has 0 aliphatic heterocycles. The van der Waals surface area contributed by atoms with Crippen molar-refractivity contribution in [1.29, 1.82) is 0 Å². The average molecular weight is 202 g/mol. The quantitative estimate of drug-likeness (QED) is 0.737. The highest BCUT2D eigenvalue weighted by molar-refractivity contribution is 5.78. The molecule has 3 nitrogen and oxygen atoms in total. The van der Waals surface area contributed by atoms with Crippen LogP contribution in [0.15, 0.2) is 41.2 Å². The summed E-state index contributed by atoms with van der Waals surface area (Å²) in [7, 11) is 3.91. The van der Waals surface area contributed by atoms with Gasteiger partial charge in [0.05, 0.1) is 12.2 Å². The lowest BCUT2D eigenvalue weighted by Gasteiger charge is -2.14. The molecule has 1 aromatic heterocycles. The lowest BCUT2D eigenvalue weighted by molar-refractivity contribution is 0.327. The SMILES string of the molecule is CN(C)Cn1c(=O)ccc2ccccc21. The normalized spacial score (nSPS) is 11.1. The first-order valence-electron chi connectivity index (χ1n) is 4.92. The molecule has 0 atom stereocenters. The van der Waals surface area contributed by atoms with Gasteiger partial charge in [-0.25, -0.2) is 0 Å². The van der Waals surface area contributed by atoms with Gasteiger partial charge in [-0.3, -0.25) is 14.3 Å². The van der Waals surface area contributed by atoms with Gasteiger partial charge in [-0.15, -0.1) is 0 Å². The van der Waals surface area contributed by atoms with Crippen LogP contribution < -0.4 is 5.56 Å². The lowest BCUT2D eigenvalue weighted by Crippen LogP contribution is -2.27. The third-order valence-corrected chi connectivity index (χ3v) is 2.32. The maximum absolute atomic E-state index is 11.7. The lowest BCUT2D eigenvalue weighted by atomic mass is 10.2.